The maximum atomic E-state index is 12.0. The van der Waals surface area contributed by atoms with Gasteiger partial charge >= 0.3 is 16.4 Å². The third kappa shape index (κ3) is 4.91. The zero-order chi connectivity index (χ0) is 15.9. The van der Waals surface area contributed by atoms with Gasteiger partial charge in [-0.3, -0.25) is 4.57 Å². The predicted molar refractivity (Wildman–Crippen MR) is 80.8 cm³/mol. The number of rotatable bonds is 11. The van der Waals surface area contributed by atoms with Gasteiger partial charge in [0, 0.05) is 25.9 Å². The number of hydrogen-bond donors (Lipinski definition) is 2. The van der Waals surface area contributed by atoms with Crippen molar-refractivity contribution in [3.8, 4) is 0 Å². The van der Waals surface area contributed by atoms with Gasteiger partial charge < -0.3 is 23.1 Å². The molecular formula is C12H29O6PSi. The largest absolute Gasteiger partial charge is 0.502 e. The molecule has 0 fully saturated rings. The summed E-state index contributed by atoms with van der Waals surface area (Å²) in [6.07, 6.45) is 0.714. The van der Waals surface area contributed by atoms with Crippen LogP contribution in [0.15, 0.2) is 0 Å². The Balaban J connectivity index is 5.51. The number of hydrogen-bond acceptors (Lipinski definition) is 4. The van der Waals surface area contributed by atoms with E-state index < -0.39 is 21.6 Å². The molecule has 0 unspecified atom stereocenters. The van der Waals surface area contributed by atoms with Crippen molar-refractivity contribution in [2.75, 3.05) is 19.8 Å². The van der Waals surface area contributed by atoms with E-state index in [9.17, 15) is 14.4 Å². The van der Waals surface area contributed by atoms with Crippen molar-refractivity contribution in [2.24, 2.45) is 0 Å². The second kappa shape index (κ2) is 8.63. The summed E-state index contributed by atoms with van der Waals surface area (Å²) in [6, 6.07) is 0.146. The normalized spacial score (nSPS) is 13.8. The van der Waals surface area contributed by atoms with E-state index >= 15 is 0 Å². The highest BCUT2D eigenvalue weighted by molar-refractivity contribution is 7.53. The molecule has 0 aromatic heterocycles. The van der Waals surface area contributed by atoms with Crippen molar-refractivity contribution in [2.45, 2.75) is 58.7 Å². The molecule has 2 N–H and O–H groups in total. The first-order chi connectivity index (χ1) is 9.26. The summed E-state index contributed by atoms with van der Waals surface area (Å²) in [5.41, 5.74) is 0. The third-order valence-corrected chi connectivity index (χ3v) is 9.19. The Morgan fingerprint density at radius 2 is 1.25 bits per heavy atom. The molecule has 0 aromatic rings. The fourth-order valence-electron chi connectivity index (χ4n) is 2.36. The molecule has 0 rings (SSSR count). The predicted octanol–water partition coefficient (Wildman–Crippen LogP) is 2.77. The lowest BCUT2D eigenvalue weighted by Gasteiger charge is -2.39. The van der Waals surface area contributed by atoms with E-state index in [2.05, 4.69) is 0 Å². The van der Waals surface area contributed by atoms with Gasteiger partial charge in [0.1, 0.15) is 0 Å². The Morgan fingerprint density at radius 3 is 1.45 bits per heavy atom. The highest BCUT2D eigenvalue weighted by Crippen LogP contribution is 2.58. The van der Waals surface area contributed by atoms with E-state index in [1.165, 1.54) is 0 Å². The fourth-order valence-corrected chi connectivity index (χ4v) is 7.77. The standard InChI is InChI=1S/C12H29O6PSi/c1-6-12(7-2,19(13,14)15)11-20(16-8-3,17-9-4)18-10-5/h6-11H2,1-5H3,(H2,13,14,15). The lowest BCUT2D eigenvalue weighted by Crippen LogP contribution is -2.51. The van der Waals surface area contributed by atoms with Crippen LogP contribution in [0.3, 0.4) is 0 Å². The van der Waals surface area contributed by atoms with Gasteiger partial charge in [0.2, 0.25) is 0 Å². The van der Waals surface area contributed by atoms with Crippen LogP contribution < -0.4 is 0 Å². The van der Waals surface area contributed by atoms with Crippen molar-refractivity contribution in [3.05, 3.63) is 0 Å². The van der Waals surface area contributed by atoms with Crippen molar-refractivity contribution in [3.63, 3.8) is 0 Å². The lowest BCUT2D eigenvalue weighted by molar-refractivity contribution is 0.0665. The molecule has 20 heavy (non-hydrogen) atoms. The summed E-state index contributed by atoms with van der Waals surface area (Å²) in [5.74, 6) is 0. The molecule has 0 saturated heterocycles. The van der Waals surface area contributed by atoms with Gasteiger partial charge in [-0.2, -0.15) is 0 Å². The first-order valence-corrected chi connectivity index (χ1v) is 10.8. The van der Waals surface area contributed by atoms with E-state index in [-0.39, 0.29) is 6.04 Å². The van der Waals surface area contributed by atoms with Crippen molar-refractivity contribution >= 4 is 16.4 Å². The summed E-state index contributed by atoms with van der Waals surface area (Å²) >= 11 is 0. The van der Waals surface area contributed by atoms with Crippen molar-refractivity contribution in [1.82, 2.24) is 0 Å². The van der Waals surface area contributed by atoms with Gasteiger partial charge in [0.15, 0.2) is 0 Å². The Kier molecular flexibility index (Phi) is 8.74. The van der Waals surface area contributed by atoms with Crippen LogP contribution in [0.1, 0.15) is 47.5 Å². The van der Waals surface area contributed by atoms with Crippen LogP contribution in [0.2, 0.25) is 6.04 Å². The molecule has 0 saturated carbocycles. The zero-order valence-electron chi connectivity index (χ0n) is 13.2. The van der Waals surface area contributed by atoms with Crippen LogP contribution >= 0.6 is 7.60 Å². The third-order valence-electron chi connectivity index (χ3n) is 3.57. The van der Waals surface area contributed by atoms with Crippen LogP contribution in [0, 0.1) is 0 Å². The summed E-state index contributed by atoms with van der Waals surface area (Å²) in [4.78, 5) is 19.5. The average Bonchev–Trinajstić information content (AvgIpc) is 2.35. The maximum Gasteiger partial charge on any atom is 0.502 e. The summed E-state index contributed by atoms with van der Waals surface area (Å²) in [6.45, 7) is 10.3. The molecule has 0 spiro atoms. The van der Waals surface area contributed by atoms with Crippen LogP contribution in [0.25, 0.3) is 0 Å². The average molecular weight is 328 g/mol. The van der Waals surface area contributed by atoms with E-state index in [0.29, 0.717) is 32.7 Å². The summed E-state index contributed by atoms with van der Waals surface area (Å²) in [7, 11) is -7.35. The lowest BCUT2D eigenvalue weighted by atomic mass is 10.1. The Labute approximate surface area is 123 Å². The molecule has 0 radical (unpaired) electrons. The van der Waals surface area contributed by atoms with E-state index in [1.54, 1.807) is 13.8 Å². The molecule has 0 aliphatic rings. The minimum Gasteiger partial charge on any atom is -0.374 e. The second-order valence-electron chi connectivity index (χ2n) is 4.63. The van der Waals surface area contributed by atoms with Crippen LogP contribution in [0.4, 0.5) is 0 Å². The first kappa shape index (κ1) is 20.2. The Bertz CT molecular complexity index is 298. The molecule has 122 valence electrons. The monoisotopic (exact) mass is 328 g/mol. The van der Waals surface area contributed by atoms with Gasteiger partial charge in [-0.1, -0.05) is 13.8 Å². The smallest absolute Gasteiger partial charge is 0.374 e. The second-order valence-corrected chi connectivity index (χ2v) is 9.26. The van der Waals surface area contributed by atoms with E-state index in [4.69, 9.17) is 13.3 Å². The zero-order valence-corrected chi connectivity index (χ0v) is 15.1. The van der Waals surface area contributed by atoms with Crippen molar-refractivity contribution in [1.29, 1.82) is 0 Å². The highest BCUT2D eigenvalue weighted by atomic mass is 31.2. The molecule has 8 heteroatoms. The minimum absolute atomic E-state index is 0.146. The molecule has 0 amide bonds. The van der Waals surface area contributed by atoms with Crippen LogP contribution in [0.5, 0.6) is 0 Å². The SMILES string of the molecule is CCO[Si](CC(CC)(CC)P(=O)(O)O)(OCC)OCC. The van der Waals surface area contributed by atoms with Crippen LogP contribution in [-0.2, 0) is 17.8 Å². The maximum absolute atomic E-state index is 12.0. The van der Waals surface area contributed by atoms with Gasteiger partial charge in [-0.15, -0.1) is 0 Å². The molecule has 0 aliphatic carbocycles. The quantitative estimate of drug-likeness (QED) is 0.448. The summed E-state index contributed by atoms with van der Waals surface area (Å²) in [5, 5.41) is -1.14. The molecule has 0 atom stereocenters. The molecule has 0 aromatic carbocycles. The Hall–Kier alpha value is 0.247. The van der Waals surface area contributed by atoms with Gasteiger partial charge in [0.25, 0.3) is 0 Å². The topological polar surface area (TPSA) is 85.2 Å². The van der Waals surface area contributed by atoms with Crippen LogP contribution in [-0.4, -0.2) is 43.6 Å². The van der Waals surface area contributed by atoms with E-state index in [1.807, 2.05) is 20.8 Å². The molecule has 0 aliphatic heterocycles. The van der Waals surface area contributed by atoms with Crippen molar-refractivity contribution < 1.29 is 27.6 Å². The molecule has 0 bridgehead atoms. The van der Waals surface area contributed by atoms with E-state index in [0.717, 1.165) is 0 Å². The highest BCUT2D eigenvalue weighted by Gasteiger charge is 2.55. The summed E-state index contributed by atoms with van der Waals surface area (Å²) < 4.78 is 29.1. The minimum atomic E-state index is -4.28. The van der Waals surface area contributed by atoms with Gasteiger partial charge in [-0.05, 0) is 33.6 Å². The van der Waals surface area contributed by atoms with Gasteiger partial charge in [0.05, 0.1) is 5.16 Å². The fraction of sp³-hybridized carbons (Fsp3) is 1.00. The first-order valence-electron chi connectivity index (χ1n) is 7.23. The molecular weight excluding hydrogens is 299 g/mol. The molecule has 0 heterocycles. The van der Waals surface area contributed by atoms with Gasteiger partial charge in [-0.25, -0.2) is 0 Å². The molecule has 6 nitrogen and oxygen atoms in total. The Morgan fingerprint density at radius 1 is 0.900 bits per heavy atom.